The summed E-state index contributed by atoms with van der Waals surface area (Å²) in [5, 5.41) is 0.922. The molecule has 0 bridgehead atoms. The summed E-state index contributed by atoms with van der Waals surface area (Å²) in [4.78, 5) is 2.35. The molecule has 17 heavy (non-hydrogen) atoms. The zero-order valence-corrected chi connectivity index (χ0v) is 12.3. The monoisotopic (exact) mass is 297 g/mol. The number of anilines is 1. The molecular weight excluding hydrogens is 278 g/mol. The van der Waals surface area contributed by atoms with Crippen molar-refractivity contribution in [2.75, 3.05) is 18.6 Å². The lowest BCUT2D eigenvalue weighted by molar-refractivity contribution is 0.118. The van der Waals surface area contributed by atoms with Gasteiger partial charge in [-0.15, -0.1) is 0 Å². The van der Waals surface area contributed by atoms with Gasteiger partial charge < -0.3 is 9.64 Å². The predicted octanol–water partition coefficient (Wildman–Crippen LogP) is 3.50. The fourth-order valence-corrected chi connectivity index (χ4v) is 3.10. The number of likely N-dealkylation sites (N-methyl/N-ethyl adjacent to an activating group) is 1. The summed E-state index contributed by atoms with van der Waals surface area (Å²) in [6, 6.07) is 7.18. The molecule has 0 aromatic heterocycles. The lowest BCUT2D eigenvalue weighted by Gasteiger charge is -2.29. The molecule has 1 aromatic carbocycles. The topological polar surface area (TPSA) is 12.5 Å². The largest absolute Gasteiger partial charge is 0.376 e. The number of alkyl halides is 1. The highest BCUT2D eigenvalue weighted by Gasteiger charge is 2.28. The quantitative estimate of drug-likeness (QED) is 0.792. The Hall–Kier alpha value is -0.540. The first kappa shape index (κ1) is 12.9. The molecule has 0 radical (unpaired) electrons. The van der Waals surface area contributed by atoms with Crippen molar-refractivity contribution in [3.63, 3.8) is 0 Å². The van der Waals surface area contributed by atoms with Crippen LogP contribution in [-0.2, 0) is 10.1 Å². The molecule has 0 saturated carbocycles. The van der Waals surface area contributed by atoms with Crippen LogP contribution in [0.15, 0.2) is 18.2 Å². The summed E-state index contributed by atoms with van der Waals surface area (Å²) in [7, 11) is 2.17. The van der Waals surface area contributed by atoms with Crippen LogP contribution in [0.2, 0.25) is 0 Å². The van der Waals surface area contributed by atoms with Gasteiger partial charge in [-0.05, 0) is 43.5 Å². The zero-order chi connectivity index (χ0) is 12.4. The summed E-state index contributed by atoms with van der Waals surface area (Å²) in [6.07, 6.45) is 1.45. The number of rotatable bonds is 3. The highest BCUT2D eigenvalue weighted by atomic mass is 79.9. The van der Waals surface area contributed by atoms with Crippen molar-refractivity contribution in [2.45, 2.75) is 37.7 Å². The van der Waals surface area contributed by atoms with Gasteiger partial charge in [0.15, 0.2) is 0 Å². The average molecular weight is 298 g/mol. The Morgan fingerprint density at radius 1 is 1.47 bits per heavy atom. The second-order valence-corrected chi connectivity index (χ2v) is 5.35. The molecule has 1 saturated heterocycles. The average Bonchev–Trinajstić information content (AvgIpc) is 2.74. The van der Waals surface area contributed by atoms with Crippen LogP contribution < -0.4 is 4.90 Å². The summed E-state index contributed by atoms with van der Waals surface area (Å²) < 4.78 is 5.63. The third-order valence-corrected chi connectivity index (χ3v) is 4.32. The fraction of sp³-hybridized carbons (Fsp3) is 0.571. The molecule has 0 spiro atoms. The minimum Gasteiger partial charge on any atom is -0.376 e. The molecule has 1 aliphatic heterocycles. The van der Waals surface area contributed by atoms with Crippen LogP contribution in [0.3, 0.4) is 0 Å². The maximum Gasteiger partial charge on any atom is 0.0750 e. The van der Waals surface area contributed by atoms with Crippen molar-refractivity contribution in [1.82, 2.24) is 0 Å². The van der Waals surface area contributed by atoms with E-state index in [0.29, 0.717) is 12.1 Å². The van der Waals surface area contributed by atoms with E-state index in [1.165, 1.54) is 16.8 Å². The maximum atomic E-state index is 5.63. The van der Waals surface area contributed by atoms with Gasteiger partial charge in [-0.3, -0.25) is 0 Å². The van der Waals surface area contributed by atoms with Gasteiger partial charge in [0.05, 0.1) is 12.1 Å². The third kappa shape index (κ3) is 2.66. The van der Waals surface area contributed by atoms with E-state index in [1.54, 1.807) is 0 Å². The first-order chi connectivity index (χ1) is 8.13. The van der Waals surface area contributed by atoms with Crippen molar-refractivity contribution in [3.8, 4) is 0 Å². The van der Waals surface area contributed by atoms with Gasteiger partial charge in [-0.2, -0.15) is 0 Å². The summed E-state index contributed by atoms with van der Waals surface area (Å²) in [6.45, 7) is 5.21. The van der Waals surface area contributed by atoms with Crippen LogP contribution in [0, 0.1) is 6.92 Å². The minimum atomic E-state index is 0.330. The molecule has 2 atom stereocenters. The molecule has 0 N–H and O–H groups in total. The van der Waals surface area contributed by atoms with Crippen LogP contribution in [0.5, 0.6) is 0 Å². The Morgan fingerprint density at radius 2 is 2.24 bits per heavy atom. The fourth-order valence-electron chi connectivity index (χ4n) is 2.47. The molecule has 0 amide bonds. The number of halogens is 1. The van der Waals surface area contributed by atoms with E-state index in [-0.39, 0.29) is 0 Å². The lowest BCUT2D eigenvalue weighted by Crippen LogP contribution is -2.36. The van der Waals surface area contributed by atoms with Crippen molar-refractivity contribution in [3.05, 3.63) is 29.3 Å². The van der Waals surface area contributed by atoms with Crippen LogP contribution in [0.4, 0.5) is 5.69 Å². The standard InChI is InChI=1S/C14H20BrNO/c1-10-8-13(5-4-12(10)9-15)16(3)14-6-7-17-11(14)2/h4-5,8,11,14H,6-7,9H2,1-3H3. The van der Waals surface area contributed by atoms with E-state index in [2.05, 4.69) is 59.9 Å². The highest BCUT2D eigenvalue weighted by molar-refractivity contribution is 9.08. The smallest absolute Gasteiger partial charge is 0.0750 e. The van der Waals surface area contributed by atoms with Gasteiger partial charge in [-0.1, -0.05) is 22.0 Å². The molecule has 3 heteroatoms. The van der Waals surface area contributed by atoms with Gasteiger partial charge in [0.2, 0.25) is 0 Å². The number of benzene rings is 1. The number of ether oxygens (including phenoxy) is 1. The van der Waals surface area contributed by atoms with Gasteiger partial charge in [0.1, 0.15) is 0 Å². The Kier molecular flexibility index (Phi) is 4.10. The van der Waals surface area contributed by atoms with Crippen LogP contribution in [-0.4, -0.2) is 25.8 Å². The van der Waals surface area contributed by atoms with E-state index < -0.39 is 0 Å². The molecule has 2 nitrogen and oxygen atoms in total. The van der Waals surface area contributed by atoms with Crippen molar-refractivity contribution < 1.29 is 4.74 Å². The minimum absolute atomic E-state index is 0.330. The summed E-state index contributed by atoms with van der Waals surface area (Å²) in [5.41, 5.74) is 3.99. The second kappa shape index (κ2) is 5.40. The molecule has 0 aliphatic carbocycles. The zero-order valence-electron chi connectivity index (χ0n) is 10.7. The third-order valence-electron chi connectivity index (χ3n) is 3.71. The normalized spacial score (nSPS) is 24.0. The molecule has 1 aromatic rings. The van der Waals surface area contributed by atoms with Gasteiger partial charge in [0, 0.05) is 24.7 Å². The number of hydrogen-bond acceptors (Lipinski definition) is 2. The van der Waals surface area contributed by atoms with Crippen LogP contribution in [0.25, 0.3) is 0 Å². The molecule has 1 fully saturated rings. The molecule has 2 rings (SSSR count). The number of hydrogen-bond donors (Lipinski definition) is 0. The van der Waals surface area contributed by atoms with E-state index in [4.69, 9.17) is 4.74 Å². The molecule has 2 unspecified atom stereocenters. The van der Waals surface area contributed by atoms with Crippen molar-refractivity contribution in [2.24, 2.45) is 0 Å². The van der Waals surface area contributed by atoms with Crippen LogP contribution in [0.1, 0.15) is 24.5 Å². The second-order valence-electron chi connectivity index (χ2n) is 4.79. The van der Waals surface area contributed by atoms with E-state index in [9.17, 15) is 0 Å². The SMILES string of the molecule is Cc1cc(N(C)C2CCOC2C)ccc1CBr. The Labute approximate surface area is 112 Å². The number of aryl methyl sites for hydroxylation is 1. The molecule has 1 aliphatic rings. The van der Waals surface area contributed by atoms with Gasteiger partial charge in [-0.25, -0.2) is 0 Å². The van der Waals surface area contributed by atoms with E-state index >= 15 is 0 Å². The number of nitrogens with zero attached hydrogens (tertiary/aromatic N) is 1. The van der Waals surface area contributed by atoms with Gasteiger partial charge in [0.25, 0.3) is 0 Å². The molecule has 94 valence electrons. The molecule has 1 heterocycles. The van der Waals surface area contributed by atoms with E-state index in [0.717, 1.165) is 18.4 Å². The first-order valence-electron chi connectivity index (χ1n) is 6.13. The van der Waals surface area contributed by atoms with Gasteiger partial charge >= 0.3 is 0 Å². The first-order valence-corrected chi connectivity index (χ1v) is 7.25. The molecular formula is C14H20BrNO. The summed E-state index contributed by atoms with van der Waals surface area (Å²) >= 11 is 3.51. The van der Waals surface area contributed by atoms with Crippen LogP contribution >= 0.6 is 15.9 Å². The van der Waals surface area contributed by atoms with Crippen molar-refractivity contribution >= 4 is 21.6 Å². The summed E-state index contributed by atoms with van der Waals surface area (Å²) in [5.74, 6) is 0. The Bertz CT molecular complexity index is 394. The lowest BCUT2D eigenvalue weighted by atomic mass is 10.1. The Balaban J connectivity index is 2.19. The Morgan fingerprint density at radius 3 is 2.76 bits per heavy atom. The highest BCUT2D eigenvalue weighted by Crippen LogP contribution is 2.26. The van der Waals surface area contributed by atoms with E-state index in [1.807, 2.05) is 0 Å². The van der Waals surface area contributed by atoms with Crippen molar-refractivity contribution in [1.29, 1.82) is 0 Å². The maximum absolute atomic E-state index is 5.63. The predicted molar refractivity (Wildman–Crippen MR) is 76.0 cm³/mol.